The highest BCUT2D eigenvalue weighted by Gasteiger charge is 2.36. The molecule has 6 heteroatoms. The summed E-state index contributed by atoms with van der Waals surface area (Å²) in [6, 6.07) is 19.9. The number of ether oxygens (including phenoxy) is 2. The summed E-state index contributed by atoms with van der Waals surface area (Å²) >= 11 is 0. The summed E-state index contributed by atoms with van der Waals surface area (Å²) in [5, 5.41) is 0. The van der Waals surface area contributed by atoms with Gasteiger partial charge in [0.1, 0.15) is 17.4 Å². The Labute approximate surface area is 195 Å². The van der Waals surface area contributed by atoms with E-state index in [1.54, 1.807) is 36.4 Å². The first-order valence-corrected chi connectivity index (χ1v) is 11.9. The maximum atomic E-state index is 13.5. The first-order valence-electron chi connectivity index (χ1n) is 10.7. The lowest BCUT2D eigenvalue weighted by Gasteiger charge is -2.22. The third-order valence-electron chi connectivity index (χ3n) is 5.50. The second kappa shape index (κ2) is 10.1. The van der Waals surface area contributed by atoms with Crippen molar-refractivity contribution in [1.29, 1.82) is 0 Å². The minimum Gasteiger partial charge on any atom is -0.482 e. The van der Waals surface area contributed by atoms with Crippen LogP contribution in [-0.4, -0.2) is 18.2 Å². The quantitative estimate of drug-likeness (QED) is 0.247. The number of esters is 1. The third-order valence-corrected chi connectivity index (χ3v) is 7.73. The Morgan fingerprint density at radius 1 is 0.848 bits per heavy atom. The number of hydrogen-bond acceptors (Lipinski definition) is 3. The van der Waals surface area contributed by atoms with Crippen LogP contribution >= 0.6 is 0 Å². The van der Waals surface area contributed by atoms with E-state index in [1.165, 1.54) is 24.3 Å². The fourth-order valence-corrected chi connectivity index (χ4v) is 5.87. The Morgan fingerprint density at radius 2 is 1.30 bits per heavy atom. The van der Waals surface area contributed by atoms with Crippen LogP contribution in [0.2, 0.25) is 0 Å². The molecule has 0 amide bonds. The SMILES string of the molecule is C#CC1(OC(=O)COc2ccc([S+](c3ccc(F)cc3)c3ccc(F)cc3)cc2)CCCC1. The van der Waals surface area contributed by atoms with Gasteiger partial charge in [0.2, 0.25) is 0 Å². The van der Waals surface area contributed by atoms with E-state index in [-0.39, 0.29) is 18.2 Å². The molecule has 0 unspecified atom stereocenters. The molecule has 1 aliphatic carbocycles. The molecule has 0 radical (unpaired) electrons. The van der Waals surface area contributed by atoms with Crippen LogP contribution in [-0.2, 0) is 20.4 Å². The van der Waals surface area contributed by atoms with Gasteiger partial charge in [0.15, 0.2) is 26.9 Å². The molecule has 0 atom stereocenters. The smallest absolute Gasteiger partial charge is 0.345 e. The van der Waals surface area contributed by atoms with E-state index in [2.05, 4.69) is 5.92 Å². The van der Waals surface area contributed by atoms with E-state index < -0.39 is 22.5 Å². The molecular formula is C27H23F2O3S+. The van der Waals surface area contributed by atoms with Crippen LogP contribution in [0, 0.1) is 24.0 Å². The van der Waals surface area contributed by atoms with Crippen molar-refractivity contribution in [2.24, 2.45) is 0 Å². The van der Waals surface area contributed by atoms with Crippen molar-refractivity contribution in [1.82, 2.24) is 0 Å². The molecule has 168 valence electrons. The van der Waals surface area contributed by atoms with Crippen LogP contribution in [0.4, 0.5) is 8.78 Å². The van der Waals surface area contributed by atoms with Gasteiger partial charge in [-0.1, -0.05) is 5.92 Å². The van der Waals surface area contributed by atoms with E-state index in [9.17, 15) is 13.6 Å². The highest BCUT2D eigenvalue weighted by molar-refractivity contribution is 7.97. The van der Waals surface area contributed by atoms with Gasteiger partial charge in [-0.2, -0.15) is 0 Å². The fourth-order valence-electron chi connectivity index (χ4n) is 3.83. The van der Waals surface area contributed by atoms with E-state index in [0.717, 1.165) is 27.5 Å². The van der Waals surface area contributed by atoms with Crippen LogP contribution in [0.25, 0.3) is 0 Å². The highest BCUT2D eigenvalue weighted by atomic mass is 32.2. The molecule has 0 spiro atoms. The van der Waals surface area contributed by atoms with Crippen molar-refractivity contribution in [3.05, 3.63) is 84.4 Å². The standard InChI is InChI=1S/C27H23F2O3S/c1-2-27(17-3-4-18-27)32-26(30)19-31-22-9-15-25(16-10-22)33(23-11-5-20(28)6-12-23)24-13-7-21(29)8-14-24/h1,5-16H,3-4,17-19H2/q+1. The summed E-state index contributed by atoms with van der Waals surface area (Å²) in [7, 11) is -0.565. The fraction of sp³-hybridized carbons (Fsp3) is 0.222. The average Bonchev–Trinajstić information content (AvgIpc) is 3.30. The number of halogens is 2. The molecule has 0 saturated heterocycles. The van der Waals surface area contributed by atoms with Gasteiger partial charge in [-0.15, -0.1) is 6.42 Å². The zero-order valence-electron chi connectivity index (χ0n) is 17.9. The van der Waals surface area contributed by atoms with Crippen LogP contribution in [0.5, 0.6) is 5.75 Å². The molecule has 4 rings (SSSR count). The monoisotopic (exact) mass is 465 g/mol. The Bertz CT molecular complexity index is 1080. The summed E-state index contributed by atoms with van der Waals surface area (Å²) in [4.78, 5) is 15.0. The van der Waals surface area contributed by atoms with E-state index in [4.69, 9.17) is 15.9 Å². The Morgan fingerprint density at radius 3 is 1.76 bits per heavy atom. The third kappa shape index (κ3) is 5.55. The van der Waals surface area contributed by atoms with Gasteiger partial charge in [0.05, 0.1) is 10.9 Å². The number of hydrogen-bond donors (Lipinski definition) is 0. The second-order valence-corrected chi connectivity index (χ2v) is 9.82. The summed E-state index contributed by atoms with van der Waals surface area (Å²) in [5.74, 6) is 2.01. The first kappa shape index (κ1) is 22.9. The summed E-state index contributed by atoms with van der Waals surface area (Å²) in [6.45, 7) is -0.232. The van der Waals surface area contributed by atoms with Gasteiger partial charge >= 0.3 is 5.97 Å². The lowest BCUT2D eigenvalue weighted by Crippen LogP contribution is -2.32. The summed E-state index contributed by atoms with van der Waals surface area (Å²) in [5.41, 5.74) is -0.803. The Hall–Kier alpha value is -3.30. The van der Waals surface area contributed by atoms with Gasteiger partial charge in [-0.05, 0) is 98.5 Å². The minimum atomic E-state index is -0.803. The van der Waals surface area contributed by atoms with Crippen molar-refractivity contribution < 1.29 is 23.0 Å². The molecule has 0 N–H and O–H groups in total. The molecular weight excluding hydrogens is 442 g/mol. The van der Waals surface area contributed by atoms with Crippen molar-refractivity contribution in [3.8, 4) is 18.1 Å². The average molecular weight is 466 g/mol. The van der Waals surface area contributed by atoms with Crippen molar-refractivity contribution in [2.45, 2.75) is 46.0 Å². The van der Waals surface area contributed by atoms with Gasteiger partial charge in [0.25, 0.3) is 0 Å². The molecule has 1 saturated carbocycles. The normalized spacial score (nSPS) is 14.6. The van der Waals surface area contributed by atoms with Crippen LogP contribution in [0.15, 0.2) is 87.5 Å². The molecule has 33 heavy (non-hydrogen) atoms. The molecule has 0 heterocycles. The molecule has 0 bridgehead atoms. The van der Waals surface area contributed by atoms with E-state index in [0.29, 0.717) is 18.6 Å². The van der Waals surface area contributed by atoms with Gasteiger partial charge in [0, 0.05) is 0 Å². The lowest BCUT2D eigenvalue weighted by molar-refractivity contribution is -0.156. The highest BCUT2D eigenvalue weighted by Crippen LogP contribution is 2.34. The Kier molecular flexibility index (Phi) is 7.00. The van der Waals surface area contributed by atoms with E-state index in [1.807, 2.05) is 12.1 Å². The summed E-state index contributed by atoms with van der Waals surface area (Å²) in [6.07, 6.45) is 8.83. The topological polar surface area (TPSA) is 35.5 Å². The molecule has 0 aromatic heterocycles. The largest absolute Gasteiger partial charge is 0.482 e. The van der Waals surface area contributed by atoms with Gasteiger partial charge < -0.3 is 9.47 Å². The molecule has 1 fully saturated rings. The van der Waals surface area contributed by atoms with E-state index >= 15 is 0 Å². The molecule has 1 aliphatic rings. The van der Waals surface area contributed by atoms with Crippen molar-refractivity contribution >= 4 is 16.9 Å². The van der Waals surface area contributed by atoms with Crippen LogP contribution < -0.4 is 4.74 Å². The molecule has 0 aliphatic heterocycles. The number of terminal acetylenes is 1. The number of carbonyl (C=O) groups excluding carboxylic acids is 1. The zero-order valence-corrected chi connectivity index (χ0v) is 18.7. The lowest BCUT2D eigenvalue weighted by atomic mass is 10.0. The van der Waals surface area contributed by atoms with Crippen LogP contribution in [0.3, 0.4) is 0 Å². The summed E-state index contributed by atoms with van der Waals surface area (Å²) < 4.78 is 38.1. The zero-order chi connectivity index (χ0) is 23.3. The predicted octanol–water partition coefficient (Wildman–Crippen LogP) is 5.93. The van der Waals surface area contributed by atoms with Gasteiger partial charge in [-0.3, -0.25) is 0 Å². The van der Waals surface area contributed by atoms with Crippen molar-refractivity contribution in [2.75, 3.05) is 6.61 Å². The molecule has 3 nitrogen and oxygen atoms in total. The Balaban J connectivity index is 1.48. The number of carbonyl (C=O) groups is 1. The molecule has 3 aromatic rings. The minimum absolute atomic E-state index is 0.232. The van der Waals surface area contributed by atoms with Crippen LogP contribution in [0.1, 0.15) is 25.7 Å². The number of rotatable bonds is 7. The van der Waals surface area contributed by atoms with Crippen molar-refractivity contribution in [3.63, 3.8) is 0 Å². The second-order valence-electron chi connectivity index (χ2n) is 7.79. The maximum absolute atomic E-state index is 13.5. The van der Waals surface area contributed by atoms with Gasteiger partial charge in [-0.25, -0.2) is 13.6 Å². The first-order chi connectivity index (χ1) is 16.0. The molecule has 3 aromatic carbocycles. The maximum Gasteiger partial charge on any atom is 0.345 e. The number of benzene rings is 3. The predicted molar refractivity (Wildman–Crippen MR) is 123 cm³/mol.